The molecular weight excluding hydrogens is 302 g/mol. The SMILES string of the molecule is COc1ccc(C(=O)Nc2cnc(-c3ccc(C)cc3)nc2)cc1. The van der Waals surface area contributed by atoms with Crippen LogP contribution in [0.4, 0.5) is 5.69 Å². The number of hydrogen-bond acceptors (Lipinski definition) is 4. The molecule has 0 aliphatic heterocycles. The Morgan fingerprint density at radius 2 is 1.58 bits per heavy atom. The molecule has 0 aliphatic rings. The van der Waals surface area contributed by atoms with Gasteiger partial charge in [-0.3, -0.25) is 4.79 Å². The topological polar surface area (TPSA) is 64.1 Å². The van der Waals surface area contributed by atoms with Crippen molar-refractivity contribution in [3.63, 3.8) is 0 Å². The Labute approximate surface area is 140 Å². The lowest BCUT2D eigenvalue weighted by Gasteiger charge is -2.06. The summed E-state index contributed by atoms with van der Waals surface area (Å²) in [6, 6.07) is 14.9. The van der Waals surface area contributed by atoms with E-state index in [4.69, 9.17) is 4.74 Å². The van der Waals surface area contributed by atoms with Crippen LogP contribution >= 0.6 is 0 Å². The summed E-state index contributed by atoms with van der Waals surface area (Å²) in [6.45, 7) is 2.03. The summed E-state index contributed by atoms with van der Waals surface area (Å²) in [6.07, 6.45) is 3.20. The normalized spacial score (nSPS) is 10.2. The molecule has 2 aromatic carbocycles. The number of amides is 1. The summed E-state index contributed by atoms with van der Waals surface area (Å²) in [4.78, 5) is 20.8. The zero-order valence-corrected chi connectivity index (χ0v) is 13.5. The average Bonchev–Trinajstić information content (AvgIpc) is 2.63. The molecule has 0 saturated carbocycles. The molecule has 120 valence electrons. The summed E-state index contributed by atoms with van der Waals surface area (Å²) in [7, 11) is 1.59. The van der Waals surface area contributed by atoms with E-state index >= 15 is 0 Å². The first-order valence-electron chi connectivity index (χ1n) is 7.50. The Balaban J connectivity index is 1.71. The van der Waals surface area contributed by atoms with Gasteiger partial charge in [0.05, 0.1) is 25.2 Å². The van der Waals surface area contributed by atoms with Crippen molar-refractivity contribution in [3.8, 4) is 17.1 Å². The Morgan fingerprint density at radius 3 is 2.17 bits per heavy atom. The number of rotatable bonds is 4. The third-order valence-corrected chi connectivity index (χ3v) is 3.57. The number of hydrogen-bond donors (Lipinski definition) is 1. The van der Waals surface area contributed by atoms with Gasteiger partial charge in [0.1, 0.15) is 5.75 Å². The quantitative estimate of drug-likeness (QED) is 0.796. The molecular formula is C19H17N3O2. The first-order chi connectivity index (χ1) is 11.7. The van der Waals surface area contributed by atoms with E-state index in [-0.39, 0.29) is 5.91 Å². The maximum atomic E-state index is 12.2. The van der Waals surface area contributed by atoms with Crippen LogP contribution < -0.4 is 10.1 Å². The van der Waals surface area contributed by atoms with Crippen LogP contribution in [0.15, 0.2) is 60.9 Å². The van der Waals surface area contributed by atoms with Crippen molar-refractivity contribution in [2.45, 2.75) is 6.92 Å². The highest BCUT2D eigenvalue weighted by atomic mass is 16.5. The second-order valence-electron chi connectivity index (χ2n) is 5.34. The van der Waals surface area contributed by atoms with Gasteiger partial charge in [0.25, 0.3) is 5.91 Å². The maximum Gasteiger partial charge on any atom is 0.255 e. The van der Waals surface area contributed by atoms with E-state index in [0.29, 0.717) is 22.8 Å². The summed E-state index contributed by atoms with van der Waals surface area (Å²) in [5.41, 5.74) is 3.21. The molecule has 0 fully saturated rings. The van der Waals surface area contributed by atoms with Gasteiger partial charge in [0.15, 0.2) is 5.82 Å². The van der Waals surface area contributed by atoms with Crippen LogP contribution in [0.2, 0.25) is 0 Å². The van der Waals surface area contributed by atoms with E-state index in [2.05, 4.69) is 15.3 Å². The van der Waals surface area contributed by atoms with Gasteiger partial charge >= 0.3 is 0 Å². The van der Waals surface area contributed by atoms with Crippen LogP contribution in [0, 0.1) is 6.92 Å². The van der Waals surface area contributed by atoms with Gasteiger partial charge in [-0.15, -0.1) is 0 Å². The van der Waals surface area contributed by atoms with E-state index in [0.717, 1.165) is 5.56 Å². The second kappa shape index (κ2) is 6.91. The molecule has 1 heterocycles. The van der Waals surface area contributed by atoms with Crippen molar-refractivity contribution >= 4 is 11.6 Å². The average molecular weight is 319 g/mol. The highest BCUT2D eigenvalue weighted by Gasteiger charge is 2.07. The first kappa shape index (κ1) is 15.7. The van der Waals surface area contributed by atoms with E-state index in [1.165, 1.54) is 5.56 Å². The predicted octanol–water partition coefficient (Wildman–Crippen LogP) is 3.71. The van der Waals surface area contributed by atoms with Crippen molar-refractivity contribution < 1.29 is 9.53 Å². The van der Waals surface area contributed by atoms with Gasteiger partial charge in [-0.25, -0.2) is 9.97 Å². The summed E-state index contributed by atoms with van der Waals surface area (Å²) in [5, 5.41) is 2.78. The molecule has 0 spiro atoms. The third-order valence-electron chi connectivity index (χ3n) is 3.57. The number of carbonyl (C=O) groups excluding carboxylic acids is 1. The van der Waals surface area contributed by atoms with Gasteiger partial charge < -0.3 is 10.1 Å². The van der Waals surface area contributed by atoms with Gasteiger partial charge in [-0.1, -0.05) is 29.8 Å². The fourth-order valence-electron chi connectivity index (χ4n) is 2.19. The van der Waals surface area contributed by atoms with Gasteiger partial charge in [-0.05, 0) is 31.2 Å². The van der Waals surface area contributed by atoms with E-state index < -0.39 is 0 Å². The fraction of sp³-hybridized carbons (Fsp3) is 0.105. The lowest BCUT2D eigenvalue weighted by molar-refractivity contribution is 0.102. The molecule has 0 aliphatic carbocycles. The number of anilines is 1. The Bertz CT molecular complexity index is 826. The predicted molar refractivity (Wildman–Crippen MR) is 93.2 cm³/mol. The largest absolute Gasteiger partial charge is 0.497 e. The van der Waals surface area contributed by atoms with Crippen molar-refractivity contribution in [1.82, 2.24) is 9.97 Å². The van der Waals surface area contributed by atoms with Crippen LogP contribution in [0.3, 0.4) is 0 Å². The van der Waals surface area contributed by atoms with Crippen molar-refractivity contribution in [3.05, 3.63) is 72.1 Å². The molecule has 1 N–H and O–H groups in total. The lowest BCUT2D eigenvalue weighted by Crippen LogP contribution is -2.12. The van der Waals surface area contributed by atoms with Gasteiger partial charge in [0.2, 0.25) is 0 Å². The molecule has 0 saturated heterocycles. The molecule has 1 aromatic heterocycles. The zero-order valence-electron chi connectivity index (χ0n) is 13.5. The summed E-state index contributed by atoms with van der Waals surface area (Å²) < 4.78 is 5.08. The molecule has 0 radical (unpaired) electrons. The zero-order chi connectivity index (χ0) is 16.9. The number of benzene rings is 2. The number of ether oxygens (including phenoxy) is 1. The highest BCUT2D eigenvalue weighted by Crippen LogP contribution is 2.17. The molecule has 3 aromatic rings. The third kappa shape index (κ3) is 3.57. The number of aromatic nitrogens is 2. The first-order valence-corrected chi connectivity index (χ1v) is 7.50. The maximum absolute atomic E-state index is 12.2. The van der Waals surface area contributed by atoms with Crippen LogP contribution in [-0.4, -0.2) is 23.0 Å². The van der Waals surface area contributed by atoms with Crippen LogP contribution in [0.1, 0.15) is 15.9 Å². The van der Waals surface area contributed by atoms with Crippen LogP contribution in [0.5, 0.6) is 5.75 Å². The molecule has 5 nitrogen and oxygen atoms in total. The molecule has 5 heteroatoms. The van der Waals surface area contributed by atoms with Crippen LogP contribution in [-0.2, 0) is 0 Å². The Kier molecular flexibility index (Phi) is 4.52. The highest BCUT2D eigenvalue weighted by molar-refractivity contribution is 6.04. The minimum Gasteiger partial charge on any atom is -0.497 e. The van der Waals surface area contributed by atoms with E-state index in [1.807, 2.05) is 31.2 Å². The number of methoxy groups -OCH3 is 1. The molecule has 0 atom stereocenters. The molecule has 0 bridgehead atoms. The van der Waals surface area contributed by atoms with E-state index in [9.17, 15) is 4.79 Å². The fourth-order valence-corrected chi connectivity index (χ4v) is 2.19. The molecule has 24 heavy (non-hydrogen) atoms. The van der Waals surface area contributed by atoms with Gasteiger partial charge in [0, 0.05) is 11.1 Å². The van der Waals surface area contributed by atoms with Crippen molar-refractivity contribution in [2.24, 2.45) is 0 Å². The number of carbonyl (C=O) groups is 1. The minimum absolute atomic E-state index is 0.218. The lowest BCUT2D eigenvalue weighted by atomic mass is 10.1. The Morgan fingerprint density at radius 1 is 0.958 bits per heavy atom. The number of aryl methyl sites for hydroxylation is 1. The monoisotopic (exact) mass is 319 g/mol. The minimum atomic E-state index is -0.218. The van der Waals surface area contributed by atoms with Crippen molar-refractivity contribution in [2.75, 3.05) is 12.4 Å². The van der Waals surface area contributed by atoms with Crippen LogP contribution in [0.25, 0.3) is 11.4 Å². The second-order valence-corrected chi connectivity index (χ2v) is 5.34. The number of nitrogens with one attached hydrogen (secondary N) is 1. The summed E-state index contributed by atoms with van der Waals surface area (Å²) in [5.74, 6) is 1.11. The molecule has 0 unspecified atom stereocenters. The summed E-state index contributed by atoms with van der Waals surface area (Å²) >= 11 is 0. The number of nitrogens with zero attached hydrogens (tertiary/aromatic N) is 2. The standard InChI is InChI=1S/C19H17N3O2/c1-13-3-5-14(6-4-13)18-20-11-16(12-21-18)22-19(23)15-7-9-17(24-2)10-8-15/h3-12H,1-2H3,(H,22,23). The molecule has 3 rings (SSSR count). The van der Waals surface area contributed by atoms with Crippen molar-refractivity contribution in [1.29, 1.82) is 0 Å². The molecule has 1 amide bonds. The smallest absolute Gasteiger partial charge is 0.255 e. The Hall–Kier alpha value is -3.21. The van der Waals surface area contributed by atoms with Gasteiger partial charge in [-0.2, -0.15) is 0 Å². The van der Waals surface area contributed by atoms with E-state index in [1.54, 1.807) is 43.8 Å².